The smallest absolute Gasteiger partial charge is 0.138 e. The Hall–Kier alpha value is -0.830. The molecule has 0 spiro atoms. The molecule has 10 heavy (non-hydrogen) atoms. The molecule has 0 atom stereocenters. The van der Waals surface area contributed by atoms with Gasteiger partial charge in [-0.25, -0.2) is 4.98 Å². The predicted octanol–water partition coefficient (Wildman–Crippen LogP) is 2.28. The normalized spacial score (nSPS) is 16.1. The van der Waals surface area contributed by atoms with E-state index in [1.807, 2.05) is 0 Å². The van der Waals surface area contributed by atoms with E-state index in [0.717, 1.165) is 0 Å². The number of nitrogens with one attached hydrogen (secondary N) is 1. The molecule has 1 N–H and O–H groups in total. The van der Waals surface area contributed by atoms with Crippen LogP contribution in [0, 0.1) is 0 Å². The van der Waals surface area contributed by atoms with Crippen LogP contribution < -0.4 is 0 Å². The number of hydrogen-bond acceptors (Lipinski definition) is 1. The summed E-state index contributed by atoms with van der Waals surface area (Å²) in [5.41, 5.74) is 0.385. The summed E-state index contributed by atoms with van der Waals surface area (Å²) in [7, 11) is 0. The van der Waals surface area contributed by atoms with E-state index in [1.54, 1.807) is 0 Å². The van der Waals surface area contributed by atoms with Crippen molar-refractivity contribution >= 4 is 15.9 Å². The topological polar surface area (TPSA) is 28.7 Å². The van der Waals surface area contributed by atoms with Gasteiger partial charge in [0.15, 0.2) is 0 Å². The number of fused-ring (bicyclic) bond motifs is 1. The molecular weight excluding hydrogens is 192 g/mol. The predicted molar refractivity (Wildman–Crippen MR) is 42.9 cm³/mol. The molecule has 0 aromatic heterocycles. The van der Waals surface area contributed by atoms with Crippen molar-refractivity contribution in [2.45, 2.75) is 0 Å². The third-order valence-corrected chi connectivity index (χ3v) is 1.75. The summed E-state index contributed by atoms with van der Waals surface area (Å²) in [6.45, 7) is 0. The summed E-state index contributed by atoms with van der Waals surface area (Å²) in [6.07, 6.45) is -0.233. The summed E-state index contributed by atoms with van der Waals surface area (Å²) in [5.74, 6) is 0.299. The molecule has 0 fully saturated rings. The molecule has 0 saturated carbocycles. The van der Waals surface area contributed by atoms with Gasteiger partial charge < -0.3 is 4.98 Å². The van der Waals surface area contributed by atoms with E-state index < -0.39 is 0 Å². The van der Waals surface area contributed by atoms with Crippen molar-refractivity contribution in [3.8, 4) is 11.4 Å². The van der Waals surface area contributed by atoms with Crippen LogP contribution in [0.25, 0.3) is 11.4 Å². The van der Waals surface area contributed by atoms with Crippen molar-refractivity contribution in [3.05, 3.63) is 28.9 Å². The van der Waals surface area contributed by atoms with Crippen LogP contribution in [0.2, 0.25) is 0 Å². The highest BCUT2D eigenvalue weighted by atomic mass is 79.9. The van der Waals surface area contributed by atoms with E-state index in [2.05, 4.69) is 25.9 Å². The molecule has 0 amide bonds. The van der Waals surface area contributed by atoms with Crippen LogP contribution in [0.15, 0.2) is 28.9 Å². The van der Waals surface area contributed by atoms with Crippen LogP contribution in [0.5, 0.6) is 0 Å². The van der Waals surface area contributed by atoms with Gasteiger partial charge in [-0.2, -0.15) is 0 Å². The zero-order chi connectivity index (χ0) is 10.5. The molecule has 0 unspecified atom stereocenters. The molecule has 0 radical (unpaired) electrons. The zero-order valence-corrected chi connectivity index (χ0v) is 6.41. The second-order valence-electron chi connectivity index (χ2n) is 1.76. The minimum absolute atomic E-state index is 0.0293. The Morgan fingerprint density at radius 3 is 3.40 bits per heavy atom. The molecule has 50 valence electrons. The molecule has 3 heteroatoms. The lowest BCUT2D eigenvalue weighted by Gasteiger charge is -1.97. The molecule has 2 rings (SSSR count). The number of aromatic nitrogens is 2. The van der Waals surface area contributed by atoms with Gasteiger partial charge in [0, 0.05) is 22.4 Å². The van der Waals surface area contributed by atoms with Crippen LogP contribution in [0.3, 0.4) is 0 Å². The summed E-state index contributed by atoms with van der Waals surface area (Å²) in [5, 5.41) is 0. The molecule has 2 aliphatic rings. The first kappa shape index (κ1) is 3.05. The maximum absolute atomic E-state index is 7.53. The largest absolute Gasteiger partial charge is 0.346 e. The average Bonchev–Trinajstić information content (AvgIpc) is 2.39. The fourth-order valence-electron chi connectivity index (χ4n) is 0.712. The first-order valence-electron chi connectivity index (χ1n) is 4.64. The van der Waals surface area contributed by atoms with Gasteiger partial charge in [0.05, 0.1) is 5.48 Å². The van der Waals surface area contributed by atoms with Crippen LogP contribution >= 0.6 is 15.9 Å². The lowest BCUT2D eigenvalue weighted by molar-refractivity contribution is 1.23. The Labute approximate surface area is 72.4 Å². The van der Waals surface area contributed by atoms with Crippen molar-refractivity contribution in [1.82, 2.24) is 9.97 Å². The summed E-state index contributed by atoms with van der Waals surface area (Å²) < 4.78 is 30.1. The van der Waals surface area contributed by atoms with Gasteiger partial charge in [-0.1, -0.05) is 0 Å². The average molecular weight is 201 g/mol. The molecule has 0 aliphatic carbocycles. The monoisotopic (exact) mass is 200 g/mol. The number of rotatable bonds is 0. The van der Waals surface area contributed by atoms with E-state index in [4.69, 9.17) is 5.48 Å². The van der Waals surface area contributed by atoms with Gasteiger partial charge >= 0.3 is 0 Å². The molecule has 2 nitrogen and oxygen atoms in total. The number of nitrogens with zero attached hydrogens (tertiary/aromatic N) is 1. The molecule has 2 heterocycles. The molecule has 0 aromatic carbocycles. The van der Waals surface area contributed by atoms with Crippen molar-refractivity contribution in [1.29, 1.82) is 0 Å². The van der Waals surface area contributed by atoms with Crippen molar-refractivity contribution in [2.75, 3.05) is 0 Å². The molecule has 0 saturated heterocycles. The highest BCUT2D eigenvalue weighted by Crippen LogP contribution is 2.25. The molecule has 0 aromatic rings. The highest BCUT2D eigenvalue weighted by Gasteiger charge is 2.04. The number of aromatic amines is 1. The minimum Gasteiger partial charge on any atom is -0.346 e. The van der Waals surface area contributed by atoms with Crippen molar-refractivity contribution < 1.29 is 5.48 Å². The van der Waals surface area contributed by atoms with Crippen LogP contribution in [-0.4, -0.2) is 9.97 Å². The van der Waals surface area contributed by atoms with Gasteiger partial charge in [-0.15, -0.1) is 0 Å². The first-order valence-corrected chi connectivity index (χ1v) is 3.43. The minimum atomic E-state index is -0.151. The number of pyridine rings is 1. The Bertz CT molecular complexity index is 482. The summed E-state index contributed by atoms with van der Waals surface area (Å²) in [4.78, 5) is 6.32. The van der Waals surface area contributed by atoms with E-state index in [1.165, 1.54) is 0 Å². The summed E-state index contributed by atoms with van der Waals surface area (Å²) in [6, 6.07) is -0.0602. The molecule has 2 aliphatic heterocycles. The van der Waals surface area contributed by atoms with E-state index >= 15 is 0 Å². The second-order valence-corrected chi connectivity index (χ2v) is 2.55. The van der Waals surface area contributed by atoms with Crippen LogP contribution in [-0.2, 0) is 0 Å². The molecule has 0 bridgehead atoms. The summed E-state index contributed by atoms with van der Waals surface area (Å²) >= 11 is 3.12. The maximum Gasteiger partial charge on any atom is 0.138 e. The Morgan fingerprint density at radius 1 is 1.60 bits per heavy atom. The van der Waals surface area contributed by atoms with E-state index in [-0.39, 0.29) is 24.4 Å². The van der Waals surface area contributed by atoms with Crippen LogP contribution in [0.4, 0.5) is 0 Å². The fourth-order valence-corrected chi connectivity index (χ4v) is 1.10. The van der Waals surface area contributed by atoms with Gasteiger partial charge in [-0.3, -0.25) is 0 Å². The van der Waals surface area contributed by atoms with Gasteiger partial charge in [0.1, 0.15) is 5.82 Å². The molecular formula is C7H5BrN2. The third kappa shape index (κ3) is 0.743. The number of H-pyrrole nitrogens is 1. The van der Waals surface area contributed by atoms with Crippen molar-refractivity contribution in [2.24, 2.45) is 0 Å². The standard InChI is InChI=1S/C7H5BrN2/c8-6-2-4-10-7-5(6)1-3-9-7/h1-4H,(H,9,10)/i1D,2D,3D,4D. The second kappa shape index (κ2) is 2.09. The lowest BCUT2D eigenvalue weighted by Crippen LogP contribution is -1.81. The Morgan fingerprint density at radius 2 is 2.50 bits per heavy atom. The Balaban J connectivity index is 2.91. The van der Waals surface area contributed by atoms with Gasteiger partial charge in [-0.05, 0) is 28.0 Å². The quantitative estimate of drug-likeness (QED) is 0.695. The third-order valence-electron chi connectivity index (χ3n) is 1.16. The zero-order valence-electron chi connectivity index (χ0n) is 8.83. The van der Waals surface area contributed by atoms with Gasteiger partial charge in [0.2, 0.25) is 0 Å². The Kier molecular flexibility index (Phi) is 0.638. The SMILES string of the molecule is [2H]c1nc2[nH]c([2H])c([2H])c(Br)c-2c1[2H]. The fraction of sp³-hybridized carbons (Fsp3) is 0. The first-order chi connectivity index (χ1) is 6.52. The van der Waals surface area contributed by atoms with E-state index in [0.29, 0.717) is 15.9 Å². The number of halogens is 1. The van der Waals surface area contributed by atoms with E-state index in [9.17, 15) is 0 Å². The van der Waals surface area contributed by atoms with Crippen LogP contribution in [0.1, 0.15) is 5.48 Å². The number of hydrogen-bond donors (Lipinski definition) is 1. The maximum atomic E-state index is 7.53. The highest BCUT2D eigenvalue weighted by molar-refractivity contribution is 9.10. The van der Waals surface area contributed by atoms with Gasteiger partial charge in [0.25, 0.3) is 0 Å². The lowest BCUT2D eigenvalue weighted by atomic mass is 10.3. The van der Waals surface area contributed by atoms with Crippen molar-refractivity contribution in [3.63, 3.8) is 0 Å².